The number of sulfonamides is 1. The Hall–Kier alpha value is -2.32. The molecule has 0 aliphatic carbocycles. The first-order valence-electron chi connectivity index (χ1n) is 8.15. The van der Waals surface area contributed by atoms with Crippen LogP contribution in [0.2, 0.25) is 0 Å². The molecule has 2 aromatic heterocycles. The van der Waals surface area contributed by atoms with E-state index in [1.165, 1.54) is 4.31 Å². The van der Waals surface area contributed by atoms with Gasteiger partial charge in [-0.3, -0.25) is 4.98 Å². The number of benzene rings is 1. The van der Waals surface area contributed by atoms with Gasteiger partial charge in [-0.1, -0.05) is 23.4 Å². The van der Waals surface area contributed by atoms with Crippen molar-refractivity contribution in [3.8, 4) is 0 Å². The van der Waals surface area contributed by atoms with E-state index in [2.05, 4.69) is 15.1 Å². The van der Waals surface area contributed by atoms with E-state index in [0.717, 1.165) is 17.5 Å². The Kier molecular flexibility index (Phi) is 3.81. The molecule has 0 radical (unpaired) electrons. The van der Waals surface area contributed by atoms with Crippen LogP contribution in [-0.2, 0) is 10.0 Å². The van der Waals surface area contributed by atoms with Crippen molar-refractivity contribution < 1.29 is 12.9 Å². The fourth-order valence-electron chi connectivity index (χ4n) is 3.28. The summed E-state index contributed by atoms with van der Waals surface area (Å²) in [7, 11) is -3.73. The van der Waals surface area contributed by atoms with Crippen LogP contribution in [0.1, 0.15) is 36.3 Å². The van der Waals surface area contributed by atoms with E-state index in [0.29, 0.717) is 30.2 Å². The average molecular weight is 358 g/mol. The molecule has 7 nitrogen and oxygen atoms in total. The van der Waals surface area contributed by atoms with Gasteiger partial charge in [0.25, 0.3) is 0 Å². The van der Waals surface area contributed by atoms with Crippen molar-refractivity contribution in [2.75, 3.05) is 6.54 Å². The molecule has 1 unspecified atom stereocenters. The van der Waals surface area contributed by atoms with Crippen molar-refractivity contribution >= 4 is 20.9 Å². The minimum atomic E-state index is -3.73. The summed E-state index contributed by atoms with van der Waals surface area (Å²) in [6, 6.07) is 8.56. The highest BCUT2D eigenvalue weighted by molar-refractivity contribution is 7.89. The van der Waals surface area contributed by atoms with Crippen LogP contribution >= 0.6 is 0 Å². The maximum atomic E-state index is 13.3. The third-order valence-corrected chi connectivity index (χ3v) is 6.38. The second kappa shape index (κ2) is 5.89. The third-order valence-electron chi connectivity index (χ3n) is 4.44. The summed E-state index contributed by atoms with van der Waals surface area (Å²) in [5.41, 5.74) is 1.27. The Morgan fingerprint density at radius 2 is 2.00 bits per heavy atom. The number of para-hydroxylation sites is 1. The number of hydrogen-bond donors (Lipinski definition) is 0. The molecule has 1 atom stereocenters. The van der Waals surface area contributed by atoms with Gasteiger partial charge in [0.1, 0.15) is 10.9 Å². The van der Waals surface area contributed by atoms with Crippen molar-refractivity contribution in [2.24, 2.45) is 0 Å². The van der Waals surface area contributed by atoms with Gasteiger partial charge in [-0.25, -0.2) is 8.42 Å². The van der Waals surface area contributed by atoms with Crippen LogP contribution in [-0.4, -0.2) is 34.4 Å². The first-order chi connectivity index (χ1) is 12.0. The number of aromatic nitrogens is 3. The van der Waals surface area contributed by atoms with Gasteiger partial charge in [0.15, 0.2) is 5.82 Å². The molecule has 4 rings (SSSR count). The Bertz CT molecular complexity index is 1040. The van der Waals surface area contributed by atoms with E-state index in [4.69, 9.17) is 4.52 Å². The molecule has 0 saturated carbocycles. The quantitative estimate of drug-likeness (QED) is 0.715. The zero-order chi connectivity index (χ0) is 17.6. The smallest absolute Gasteiger partial charge is 0.245 e. The molecule has 1 fully saturated rings. The molecule has 25 heavy (non-hydrogen) atoms. The molecule has 1 aliphatic heterocycles. The van der Waals surface area contributed by atoms with E-state index in [9.17, 15) is 8.42 Å². The zero-order valence-electron chi connectivity index (χ0n) is 14.0. The molecule has 1 aromatic carbocycles. The van der Waals surface area contributed by atoms with E-state index in [1.807, 2.05) is 25.1 Å². The second-order valence-corrected chi connectivity index (χ2v) is 8.09. The van der Waals surface area contributed by atoms with Gasteiger partial charge in [0.05, 0.1) is 5.52 Å². The summed E-state index contributed by atoms with van der Waals surface area (Å²) in [6.07, 6.45) is 1.42. The van der Waals surface area contributed by atoms with Crippen molar-refractivity contribution in [3.05, 3.63) is 47.7 Å². The maximum Gasteiger partial charge on any atom is 0.245 e. The third kappa shape index (κ3) is 2.71. The number of pyridine rings is 1. The van der Waals surface area contributed by atoms with Crippen LogP contribution < -0.4 is 0 Å². The van der Waals surface area contributed by atoms with Crippen LogP contribution in [0.5, 0.6) is 0 Å². The average Bonchev–Trinajstić information content (AvgIpc) is 3.23. The molecule has 0 amide bonds. The zero-order valence-corrected chi connectivity index (χ0v) is 14.8. The first-order valence-corrected chi connectivity index (χ1v) is 9.59. The predicted molar refractivity (Wildman–Crippen MR) is 91.4 cm³/mol. The number of aryl methyl sites for hydroxylation is 2. The van der Waals surface area contributed by atoms with E-state index in [-0.39, 0.29) is 4.90 Å². The van der Waals surface area contributed by atoms with Gasteiger partial charge in [-0.15, -0.1) is 0 Å². The summed E-state index contributed by atoms with van der Waals surface area (Å²) in [6.45, 7) is 4.00. The highest BCUT2D eigenvalue weighted by Crippen LogP contribution is 2.37. The number of hydrogen-bond acceptors (Lipinski definition) is 6. The second-order valence-electron chi connectivity index (χ2n) is 6.23. The van der Waals surface area contributed by atoms with Gasteiger partial charge < -0.3 is 4.52 Å². The fourth-order valence-corrected chi connectivity index (χ4v) is 5.09. The Labute approximate surface area is 145 Å². The molecule has 0 N–H and O–H groups in total. The Morgan fingerprint density at radius 1 is 1.16 bits per heavy atom. The van der Waals surface area contributed by atoms with Crippen LogP contribution in [0.4, 0.5) is 0 Å². The highest BCUT2D eigenvalue weighted by Gasteiger charge is 2.40. The first kappa shape index (κ1) is 16.2. The SMILES string of the molecule is Cc1ccc2cccc(S(=O)(=O)N3CCCC3c3nc(C)no3)c2n1. The lowest BCUT2D eigenvalue weighted by Gasteiger charge is -2.22. The molecule has 0 bridgehead atoms. The summed E-state index contributed by atoms with van der Waals surface area (Å²) in [5, 5.41) is 4.59. The molecular weight excluding hydrogens is 340 g/mol. The van der Waals surface area contributed by atoms with Crippen molar-refractivity contribution in [2.45, 2.75) is 37.6 Å². The van der Waals surface area contributed by atoms with Crippen molar-refractivity contribution in [3.63, 3.8) is 0 Å². The molecule has 3 aromatic rings. The lowest BCUT2D eigenvalue weighted by Crippen LogP contribution is -2.31. The summed E-state index contributed by atoms with van der Waals surface area (Å²) in [5.74, 6) is 0.852. The summed E-state index contributed by atoms with van der Waals surface area (Å²) < 4.78 is 33.4. The predicted octanol–water partition coefficient (Wildman–Crippen LogP) is 2.76. The lowest BCUT2D eigenvalue weighted by atomic mass is 10.2. The highest BCUT2D eigenvalue weighted by atomic mass is 32.2. The van der Waals surface area contributed by atoms with Gasteiger partial charge >= 0.3 is 0 Å². The fraction of sp³-hybridized carbons (Fsp3) is 0.353. The maximum absolute atomic E-state index is 13.3. The monoisotopic (exact) mass is 358 g/mol. The van der Waals surface area contributed by atoms with Crippen LogP contribution in [0.25, 0.3) is 10.9 Å². The standard InChI is InChI=1S/C17H18N4O3S/c1-11-8-9-13-5-3-7-15(16(13)18-11)25(22,23)21-10-4-6-14(21)17-19-12(2)20-24-17/h3,5,7-9,14H,4,6,10H2,1-2H3. The van der Waals surface area contributed by atoms with Crippen LogP contribution in [0, 0.1) is 13.8 Å². The van der Waals surface area contributed by atoms with Gasteiger partial charge in [0, 0.05) is 17.6 Å². The molecule has 8 heteroatoms. The van der Waals surface area contributed by atoms with Crippen molar-refractivity contribution in [1.82, 2.24) is 19.4 Å². The molecular formula is C17H18N4O3S. The minimum absolute atomic E-state index is 0.219. The van der Waals surface area contributed by atoms with Gasteiger partial charge in [-0.2, -0.15) is 9.29 Å². The van der Waals surface area contributed by atoms with Crippen LogP contribution in [0.3, 0.4) is 0 Å². The van der Waals surface area contributed by atoms with Gasteiger partial charge in [-0.05, 0) is 38.8 Å². The van der Waals surface area contributed by atoms with Crippen LogP contribution in [0.15, 0.2) is 39.8 Å². The molecule has 1 saturated heterocycles. The van der Waals surface area contributed by atoms with Gasteiger partial charge in [0.2, 0.25) is 15.9 Å². The molecule has 1 aliphatic rings. The number of fused-ring (bicyclic) bond motifs is 1. The lowest BCUT2D eigenvalue weighted by molar-refractivity contribution is 0.289. The number of nitrogens with zero attached hydrogens (tertiary/aromatic N) is 4. The van der Waals surface area contributed by atoms with Crippen molar-refractivity contribution in [1.29, 1.82) is 0 Å². The van der Waals surface area contributed by atoms with E-state index >= 15 is 0 Å². The summed E-state index contributed by atoms with van der Waals surface area (Å²) >= 11 is 0. The topological polar surface area (TPSA) is 89.2 Å². The number of rotatable bonds is 3. The Morgan fingerprint density at radius 3 is 2.76 bits per heavy atom. The minimum Gasteiger partial charge on any atom is -0.338 e. The molecule has 3 heterocycles. The summed E-state index contributed by atoms with van der Waals surface area (Å²) in [4.78, 5) is 8.90. The largest absolute Gasteiger partial charge is 0.338 e. The van der Waals surface area contributed by atoms with E-state index < -0.39 is 16.1 Å². The molecule has 130 valence electrons. The van der Waals surface area contributed by atoms with E-state index in [1.54, 1.807) is 19.1 Å². The Balaban J connectivity index is 1.83. The molecule has 0 spiro atoms. The normalized spacial score (nSPS) is 18.9.